The second-order valence-corrected chi connectivity index (χ2v) is 2.96. The van der Waals surface area contributed by atoms with E-state index in [2.05, 4.69) is 0 Å². The van der Waals surface area contributed by atoms with E-state index in [0.717, 1.165) is 6.29 Å². The first-order valence-corrected chi connectivity index (χ1v) is 4.44. The van der Waals surface area contributed by atoms with Crippen LogP contribution in [0.1, 0.15) is 12.0 Å². The van der Waals surface area contributed by atoms with Crippen molar-refractivity contribution < 1.29 is 14.5 Å². The maximum absolute atomic E-state index is 10.7. The molecule has 0 N–H and O–H groups in total. The topological polar surface area (TPSA) is 69.4 Å². The molecule has 0 aliphatic carbocycles. The van der Waals surface area contributed by atoms with E-state index in [1.807, 2.05) is 0 Å². The van der Waals surface area contributed by atoms with Gasteiger partial charge in [-0.25, -0.2) is 0 Å². The van der Waals surface area contributed by atoms with Crippen LogP contribution in [0.3, 0.4) is 0 Å². The summed E-state index contributed by atoms with van der Waals surface area (Å²) < 4.78 is 4.89. The standard InChI is InChI=1S/C10H11NO4/c1-15-9-5-4-8(3-2-6-12)10(7-9)11(13)14/h4-7H,2-3H2,1H3. The quantitative estimate of drug-likeness (QED) is 0.420. The Hall–Kier alpha value is -1.91. The molecule has 0 amide bonds. The number of nitrogens with zero attached hydrogens (tertiary/aromatic N) is 1. The van der Waals surface area contributed by atoms with Gasteiger partial charge >= 0.3 is 0 Å². The number of methoxy groups -OCH3 is 1. The highest BCUT2D eigenvalue weighted by Gasteiger charge is 2.14. The van der Waals surface area contributed by atoms with Gasteiger partial charge in [-0.1, -0.05) is 0 Å². The van der Waals surface area contributed by atoms with Crippen molar-refractivity contribution in [2.45, 2.75) is 12.8 Å². The lowest BCUT2D eigenvalue weighted by Gasteiger charge is -2.03. The van der Waals surface area contributed by atoms with Gasteiger partial charge in [0.2, 0.25) is 0 Å². The summed E-state index contributed by atoms with van der Waals surface area (Å²) >= 11 is 0. The van der Waals surface area contributed by atoms with Gasteiger partial charge in [0.15, 0.2) is 0 Å². The van der Waals surface area contributed by atoms with Crippen LogP contribution in [-0.2, 0) is 11.2 Å². The van der Waals surface area contributed by atoms with Gasteiger partial charge < -0.3 is 9.53 Å². The van der Waals surface area contributed by atoms with Gasteiger partial charge in [0.05, 0.1) is 18.1 Å². The fourth-order valence-electron chi connectivity index (χ4n) is 1.27. The van der Waals surface area contributed by atoms with Gasteiger partial charge in [-0.3, -0.25) is 10.1 Å². The van der Waals surface area contributed by atoms with E-state index in [9.17, 15) is 14.9 Å². The van der Waals surface area contributed by atoms with Gasteiger partial charge in [-0.05, 0) is 18.6 Å². The highest BCUT2D eigenvalue weighted by Crippen LogP contribution is 2.25. The molecule has 0 bridgehead atoms. The zero-order valence-corrected chi connectivity index (χ0v) is 8.30. The Morgan fingerprint density at radius 2 is 2.27 bits per heavy atom. The normalized spacial score (nSPS) is 9.67. The van der Waals surface area contributed by atoms with Gasteiger partial charge in [-0.2, -0.15) is 0 Å². The van der Waals surface area contributed by atoms with Crippen LogP contribution in [-0.4, -0.2) is 18.3 Å². The number of nitro groups is 1. The third-order valence-electron chi connectivity index (χ3n) is 2.02. The fraction of sp³-hybridized carbons (Fsp3) is 0.300. The Bertz CT molecular complexity index is 376. The number of aryl methyl sites for hydroxylation is 1. The average molecular weight is 209 g/mol. The Morgan fingerprint density at radius 3 is 2.80 bits per heavy atom. The molecule has 0 heterocycles. The first-order valence-electron chi connectivity index (χ1n) is 4.44. The maximum Gasteiger partial charge on any atom is 0.276 e. The zero-order chi connectivity index (χ0) is 11.3. The summed E-state index contributed by atoms with van der Waals surface area (Å²) in [7, 11) is 1.45. The number of hydrogen-bond acceptors (Lipinski definition) is 4. The summed E-state index contributed by atoms with van der Waals surface area (Å²) in [5, 5.41) is 10.7. The zero-order valence-electron chi connectivity index (χ0n) is 8.30. The molecule has 15 heavy (non-hydrogen) atoms. The van der Waals surface area contributed by atoms with E-state index in [1.54, 1.807) is 12.1 Å². The Labute approximate surface area is 86.8 Å². The monoisotopic (exact) mass is 209 g/mol. The smallest absolute Gasteiger partial charge is 0.276 e. The van der Waals surface area contributed by atoms with Crippen LogP contribution in [0.15, 0.2) is 18.2 Å². The molecule has 5 heteroatoms. The first kappa shape index (κ1) is 11.2. The van der Waals surface area contributed by atoms with Gasteiger partial charge in [0.25, 0.3) is 5.69 Å². The second kappa shape index (κ2) is 5.09. The Kier molecular flexibility index (Phi) is 3.79. The third-order valence-corrected chi connectivity index (χ3v) is 2.02. The van der Waals surface area contributed by atoms with Crippen LogP contribution in [0.5, 0.6) is 5.75 Å². The minimum atomic E-state index is -0.470. The molecule has 0 unspecified atom stereocenters. The van der Waals surface area contributed by atoms with Crippen molar-refractivity contribution in [3.05, 3.63) is 33.9 Å². The minimum absolute atomic E-state index is 0.00352. The lowest BCUT2D eigenvalue weighted by atomic mass is 10.1. The highest BCUT2D eigenvalue weighted by molar-refractivity contribution is 5.52. The van der Waals surface area contributed by atoms with Crippen molar-refractivity contribution in [3.63, 3.8) is 0 Å². The van der Waals surface area contributed by atoms with Crippen LogP contribution in [0, 0.1) is 10.1 Å². The van der Waals surface area contributed by atoms with E-state index in [-0.39, 0.29) is 12.1 Å². The number of carbonyl (C=O) groups excluding carboxylic acids is 1. The molecule has 1 aromatic rings. The number of ether oxygens (including phenoxy) is 1. The number of aldehydes is 1. The molecule has 0 fully saturated rings. The lowest BCUT2D eigenvalue weighted by Crippen LogP contribution is -1.97. The molecule has 1 rings (SSSR count). The number of hydrogen-bond donors (Lipinski definition) is 0. The summed E-state index contributed by atoms with van der Waals surface area (Å²) in [6.07, 6.45) is 1.41. The third kappa shape index (κ3) is 2.77. The van der Waals surface area contributed by atoms with Crippen LogP contribution < -0.4 is 4.74 Å². The lowest BCUT2D eigenvalue weighted by molar-refractivity contribution is -0.385. The Morgan fingerprint density at radius 1 is 1.53 bits per heavy atom. The largest absolute Gasteiger partial charge is 0.497 e. The summed E-state index contributed by atoms with van der Waals surface area (Å²) in [5.74, 6) is 0.441. The average Bonchev–Trinajstić information content (AvgIpc) is 2.26. The Balaban J connectivity index is 3.03. The predicted molar refractivity (Wildman–Crippen MR) is 54.0 cm³/mol. The van der Waals surface area contributed by atoms with E-state index >= 15 is 0 Å². The van der Waals surface area contributed by atoms with E-state index in [4.69, 9.17) is 4.74 Å². The van der Waals surface area contributed by atoms with Crippen LogP contribution in [0.2, 0.25) is 0 Å². The summed E-state index contributed by atoms with van der Waals surface area (Å²) in [4.78, 5) is 20.4. The molecule has 0 aliphatic rings. The number of rotatable bonds is 5. The first-order chi connectivity index (χ1) is 7.19. The molecular weight excluding hydrogens is 198 g/mol. The summed E-state index contributed by atoms with van der Waals surface area (Å²) in [5.41, 5.74) is 0.545. The minimum Gasteiger partial charge on any atom is -0.497 e. The van der Waals surface area contributed by atoms with E-state index in [0.29, 0.717) is 17.7 Å². The summed E-state index contributed by atoms with van der Waals surface area (Å²) in [6.45, 7) is 0. The summed E-state index contributed by atoms with van der Waals surface area (Å²) in [6, 6.07) is 4.62. The van der Waals surface area contributed by atoms with E-state index in [1.165, 1.54) is 13.2 Å². The molecule has 0 aromatic heterocycles. The molecule has 0 atom stereocenters. The van der Waals surface area contributed by atoms with E-state index < -0.39 is 4.92 Å². The molecule has 0 aliphatic heterocycles. The molecule has 1 aromatic carbocycles. The van der Waals surface area contributed by atoms with Gasteiger partial charge in [0, 0.05) is 12.0 Å². The predicted octanol–water partition coefficient (Wildman–Crippen LogP) is 1.73. The van der Waals surface area contributed by atoms with Crippen molar-refractivity contribution in [3.8, 4) is 5.75 Å². The SMILES string of the molecule is COc1ccc(CCC=O)c([N+](=O)[O-])c1. The van der Waals surface area contributed by atoms with Gasteiger partial charge in [0.1, 0.15) is 12.0 Å². The molecule has 0 saturated heterocycles. The van der Waals surface area contributed by atoms with Crippen molar-refractivity contribution in [2.75, 3.05) is 7.11 Å². The molecule has 0 radical (unpaired) electrons. The molecule has 0 spiro atoms. The molecule has 0 saturated carbocycles. The van der Waals surface area contributed by atoms with Crippen molar-refractivity contribution in [1.82, 2.24) is 0 Å². The van der Waals surface area contributed by atoms with Crippen molar-refractivity contribution >= 4 is 12.0 Å². The van der Waals surface area contributed by atoms with Crippen molar-refractivity contribution in [1.29, 1.82) is 0 Å². The molecule has 80 valence electrons. The highest BCUT2D eigenvalue weighted by atomic mass is 16.6. The van der Waals surface area contributed by atoms with Crippen LogP contribution in [0.25, 0.3) is 0 Å². The van der Waals surface area contributed by atoms with Crippen LogP contribution in [0.4, 0.5) is 5.69 Å². The molecule has 5 nitrogen and oxygen atoms in total. The van der Waals surface area contributed by atoms with Gasteiger partial charge in [-0.15, -0.1) is 0 Å². The second-order valence-electron chi connectivity index (χ2n) is 2.96. The van der Waals surface area contributed by atoms with Crippen LogP contribution >= 0.6 is 0 Å². The number of nitro benzene ring substituents is 1. The van der Waals surface area contributed by atoms with Crippen molar-refractivity contribution in [2.24, 2.45) is 0 Å². The number of benzene rings is 1. The molecular formula is C10H11NO4. The fourth-order valence-corrected chi connectivity index (χ4v) is 1.27. The maximum atomic E-state index is 10.7. The number of carbonyl (C=O) groups is 1.